The zero-order valence-corrected chi connectivity index (χ0v) is 15.5. The van der Waals surface area contributed by atoms with E-state index in [1.165, 1.54) is 41.3 Å². The first-order valence-corrected chi connectivity index (χ1v) is 8.61. The molecule has 1 aliphatic heterocycles. The number of fused-ring (bicyclic) bond motifs is 1. The molecule has 2 aromatic rings. The van der Waals surface area contributed by atoms with Crippen molar-refractivity contribution in [1.29, 1.82) is 0 Å². The summed E-state index contributed by atoms with van der Waals surface area (Å²) in [4.78, 5) is 37.3. The molecule has 1 atom stereocenters. The van der Waals surface area contributed by atoms with Gasteiger partial charge in [-0.05, 0) is 43.3 Å². The van der Waals surface area contributed by atoms with Crippen molar-refractivity contribution in [2.45, 2.75) is 13.0 Å². The summed E-state index contributed by atoms with van der Waals surface area (Å²) in [7, 11) is 0. The van der Waals surface area contributed by atoms with E-state index < -0.39 is 23.9 Å². The van der Waals surface area contributed by atoms with Crippen molar-refractivity contribution < 1.29 is 24.2 Å². The smallest absolute Gasteiger partial charge is 0.335 e. The summed E-state index contributed by atoms with van der Waals surface area (Å²) in [6.45, 7) is 1.23. The van der Waals surface area contributed by atoms with Crippen molar-refractivity contribution >= 4 is 52.4 Å². The molecule has 140 valence electrons. The maximum Gasteiger partial charge on any atom is 0.335 e. The maximum atomic E-state index is 12.5. The van der Waals surface area contributed by atoms with Gasteiger partial charge in [0.2, 0.25) is 5.91 Å². The van der Waals surface area contributed by atoms with E-state index in [0.717, 1.165) is 0 Å². The first-order chi connectivity index (χ1) is 12.7. The van der Waals surface area contributed by atoms with Crippen LogP contribution in [0.1, 0.15) is 17.3 Å². The van der Waals surface area contributed by atoms with E-state index in [-0.39, 0.29) is 17.8 Å². The average Bonchev–Trinajstić information content (AvgIpc) is 2.57. The lowest BCUT2D eigenvalue weighted by Crippen LogP contribution is -2.47. The number of aromatic carboxylic acids is 1. The SMILES string of the molecule is CC1Oc2ccc(C(=O)O)cc2N(CC(=O)Nc2cc(Cl)cc(Cl)c2)C1=O. The van der Waals surface area contributed by atoms with Gasteiger partial charge in [-0.1, -0.05) is 23.2 Å². The predicted octanol–water partition coefficient (Wildman–Crippen LogP) is 3.44. The van der Waals surface area contributed by atoms with Crippen LogP contribution in [-0.4, -0.2) is 35.5 Å². The molecule has 7 nitrogen and oxygen atoms in total. The standard InChI is InChI=1S/C18H14Cl2N2O5/c1-9-17(24)22(14-4-10(18(25)26)2-3-15(14)27-9)8-16(23)21-13-6-11(19)5-12(20)7-13/h2-7,9H,8H2,1H3,(H,21,23)(H,25,26). The maximum absolute atomic E-state index is 12.5. The molecule has 2 aromatic carbocycles. The Labute approximate surface area is 164 Å². The second-order valence-electron chi connectivity index (χ2n) is 5.88. The van der Waals surface area contributed by atoms with Crippen LogP contribution < -0.4 is 15.0 Å². The van der Waals surface area contributed by atoms with E-state index in [4.69, 9.17) is 27.9 Å². The van der Waals surface area contributed by atoms with Gasteiger partial charge in [-0.15, -0.1) is 0 Å². The van der Waals surface area contributed by atoms with Gasteiger partial charge in [0.05, 0.1) is 11.3 Å². The summed E-state index contributed by atoms with van der Waals surface area (Å²) in [6.07, 6.45) is -0.804. The molecule has 27 heavy (non-hydrogen) atoms. The summed E-state index contributed by atoms with van der Waals surface area (Å²) < 4.78 is 5.49. The van der Waals surface area contributed by atoms with E-state index in [1.807, 2.05) is 0 Å². The number of nitrogens with one attached hydrogen (secondary N) is 1. The molecule has 0 fully saturated rings. The molecule has 0 spiro atoms. The zero-order chi connectivity index (χ0) is 19.7. The lowest BCUT2D eigenvalue weighted by Gasteiger charge is -2.32. The highest BCUT2D eigenvalue weighted by Crippen LogP contribution is 2.35. The number of amides is 2. The van der Waals surface area contributed by atoms with Gasteiger partial charge in [0.25, 0.3) is 5.91 Å². The molecule has 0 bridgehead atoms. The number of ether oxygens (including phenoxy) is 1. The molecule has 0 saturated carbocycles. The minimum Gasteiger partial charge on any atom is -0.479 e. The van der Waals surface area contributed by atoms with Crippen molar-refractivity contribution in [2.75, 3.05) is 16.8 Å². The number of carboxylic acid groups (broad SMARTS) is 1. The fourth-order valence-corrected chi connectivity index (χ4v) is 3.20. The fourth-order valence-electron chi connectivity index (χ4n) is 2.67. The molecule has 9 heteroatoms. The van der Waals surface area contributed by atoms with Crippen LogP contribution in [0.5, 0.6) is 5.75 Å². The van der Waals surface area contributed by atoms with Gasteiger partial charge in [-0.3, -0.25) is 14.5 Å². The minimum atomic E-state index is -1.15. The first kappa shape index (κ1) is 19.0. The number of benzene rings is 2. The zero-order valence-electron chi connectivity index (χ0n) is 14.0. The number of hydrogen-bond donors (Lipinski definition) is 2. The molecule has 0 aliphatic carbocycles. The van der Waals surface area contributed by atoms with Gasteiger partial charge in [0.1, 0.15) is 12.3 Å². The van der Waals surface area contributed by atoms with Crippen molar-refractivity contribution in [2.24, 2.45) is 0 Å². The number of hydrogen-bond acceptors (Lipinski definition) is 4. The monoisotopic (exact) mass is 408 g/mol. The Balaban J connectivity index is 1.86. The Bertz CT molecular complexity index is 927. The Morgan fingerprint density at radius 2 is 1.85 bits per heavy atom. The van der Waals surface area contributed by atoms with Crippen molar-refractivity contribution in [3.05, 3.63) is 52.0 Å². The van der Waals surface area contributed by atoms with E-state index in [2.05, 4.69) is 5.32 Å². The van der Waals surface area contributed by atoms with Crippen molar-refractivity contribution in [1.82, 2.24) is 0 Å². The highest BCUT2D eigenvalue weighted by Gasteiger charge is 2.33. The minimum absolute atomic E-state index is 0.0215. The summed E-state index contributed by atoms with van der Waals surface area (Å²) >= 11 is 11.8. The van der Waals surface area contributed by atoms with E-state index in [1.54, 1.807) is 6.92 Å². The van der Waals surface area contributed by atoms with Crippen LogP contribution in [-0.2, 0) is 9.59 Å². The quantitative estimate of drug-likeness (QED) is 0.807. The highest BCUT2D eigenvalue weighted by molar-refractivity contribution is 6.35. The van der Waals surface area contributed by atoms with E-state index in [9.17, 15) is 19.5 Å². The van der Waals surface area contributed by atoms with Gasteiger partial charge in [-0.2, -0.15) is 0 Å². The van der Waals surface area contributed by atoms with Crippen LogP contribution in [0.3, 0.4) is 0 Å². The topological polar surface area (TPSA) is 95.9 Å². The lowest BCUT2D eigenvalue weighted by molar-refractivity contribution is -0.127. The Kier molecular flexibility index (Phi) is 5.25. The number of halogens is 2. The Morgan fingerprint density at radius 3 is 2.48 bits per heavy atom. The molecule has 3 rings (SSSR count). The van der Waals surface area contributed by atoms with Gasteiger partial charge in [0, 0.05) is 15.7 Å². The lowest BCUT2D eigenvalue weighted by atomic mass is 10.1. The summed E-state index contributed by atoms with van der Waals surface area (Å²) in [5.74, 6) is -1.78. The third-order valence-electron chi connectivity index (χ3n) is 3.86. The van der Waals surface area contributed by atoms with E-state index in [0.29, 0.717) is 21.5 Å². The van der Waals surface area contributed by atoms with Gasteiger partial charge >= 0.3 is 5.97 Å². The van der Waals surface area contributed by atoms with Crippen molar-refractivity contribution in [3.63, 3.8) is 0 Å². The normalized spacial score (nSPS) is 15.7. The van der Waals surface area contributed by atoms with E-state index >= 15 is 0 Å². The van der Waals surface area contributed by atoms with Crippen molar-refractivity contribution in [3.8, 4) is 5.75 Å². The number of anilines is 2. The molecule has 1 heterocycles. The highest BCUT2D eigenvalue weighted by atomic mass is 35.5. The van der Waals surface area contributed by atoms with Crippen LogP contribution in [0.25, 0.3) is 0 Å². The average molecular weight is 409 g/mol. The largest absolute Gasteiger partial charge is 0.479 e. The number of carbonyl (C=O) groups excluding carboxylic acids is 2. The predicted molar refractivity (Wildman–Crippen MR) is 101 cm³/mol. The molecule has 1 unspecified atom stereocenters. The second-order valence-corrected chi connectivity index (χ2v) is 6.75. The van der Waals surface area contributed by atoms with Crippen LogP contribution in [0.2, 0.25) is 10.0 Å². The van der Waals surface area contributed by atoms with Gasteiger partial charge in [-0.25, -0.2) is 4.79 Å². The molecular weight excluding hydrogens is 395 g/mol. The Hall–Kier alpha value is -2.77. The summed E-state index contributed by atoms with van der Waals surface area (Å²) in [6, 6.07) is 8.69. The number of rotatable bonds is 4. The molecule has 1 aliphatic rings. The molecule has 0 saturated heterocycles. The van der Waals surface area contributed by atoms with Crippen LogP contribution in [0.4, 0.5) is 11.4 Å². The molecular formula is C18H14Cl2N2O5. The van der Waals surface area contributed by atoms with Gasteiger partial charge in [0.15, 0.2) is 6.10 Å². The van der Waals surface area contributed by atoms with Crippen LogP contribution in [0.15, 0.2) is 36.4 Å². The molecule has 2 amide bonds. The summed E-state index contributed by atoms with van der Waals surface area (Å²) in [5, 5.41) is 12.5. The molecule has 2 N–H and O–H groups in total. The number of nitrogens with zero attached hydrogens (tertiary/aromatic N) is 1. The summed E-state index contributed by atoms with van der Waals surface area (Å²) in [5.41, 5.74) is 0.578. The third-order valence-corrected chi connectivity index (χ3v) is 4.30. The van der Waals surface area contributed by atoms with Crippen LogP contribution >= 0.6 is 23.2 Å². The second kappa shape index (κ2) is 7.46. The molecule has 0 aromatic heterocycles. The first-order valence-electron chi connectivity index (χ1n) is 7.86. The Morgan fingerprint density at radius 1 is 1.19 bits per heavy atom. The third kappa shape index (κ3) is 4.15. The molecule has 0 radical (unpaired) electrons. The number of carboxylic acids is 1. The van der Waals surface area contributed by atoms with Crippen LogP contribution in [0, 0.1) is 0 Å². The fraction of sp³-hybridized carbons (Fsp3) is 0.167. The number of carbonyl (C=O) groups is 3. The van der Waals surface area contributed by atoms with Gasteiger partial charge < -0.3 is 15.2 Å².